The SMILES string of the molecule is CCCC1CCN(Cc2ccccc2CC(=O)NN)C1. The van der Waals surface area contributed by atoms with Gasteiger partial charge in [0.1, 0.15) is 0 Å². The molecule has 3 N–H and O–H groups in total. The van der Waals surface area contributed by atoms with Gasteiger partial charge >= 0.3 is 0 Å². The van der Waals surface area contributed by atoms with E-state index in [1.807, 2.05) is 18.2 Å². The third kappa shape index (κ3) is 4.05. The van der Waals surface area contributed by atoms with Crippen LogP contribution in [0.2, 0.25) is 0 Å². The van der Waals surface area contributed by atoms with Gasteiger partial charge in [-0.25, -0.2) is 5.84 Å². The van der Waals surface area contributed by atoms with Crippen molar-refractivity contribution < 1.29 is 4.79 Å². The third-order valence-electron chi connectivity index (χ3n) is 4.09. The molecule has 110 valence electrons. The predicted octanol–water partition coefficient (Wildman–Crippen LogP) is 1.84. The van der Waals surface area contributed by atoms with Crippen LogP contribution in [-0.2, 0) is 17.8 Å². The van der Waals surface area contributed by atoms with Crippen molar-refractivity contribution in [3.05, 3.63) is 35.4 Å². The first-order chi connectivity index (χ1) is 9.72. The average Bonchev–Trinajstić information content (AvgIpc) is 2.88. The van der Waals surface area contributed by atoms with E-state index in [1.54, 1.807) is 0 Å². The van der Waals surface area contributed by atoms with Crippen LogP contribution in [0.1, 0.15) is 37.3 Å². The molecule has 1 unspecified atom stereocenters. The molecule has 1 saturated heterocycles. The third-order valence-corrected chi connectivity index (χ3v) is 4.09. The molecule has 4 heteroatoms. The lowest BCUT2D eigenvalue weighted by atomic mass is 10.0. The van der Waals surface area contributed by atoms with Crippen molar-refractivity contribution in [1.29, 1.82) is 0 Å². The zero-order chi connectivity index (χ0) is 14.4. The van der Waals surface area contributed by atoms with Crippen molar-refractivity contribution >= 4 is 5.91 Å². The molecular formula is C16H25N3O. The summed E-state index contributed by atoms with van der Waals surface area (Å²) in [5.41, 5.74) is 4.53. The van der Waals surface area contributed by atoms with Crippen LogP contribution in [0, 0.1) is 5.92 Å². The summed E-state index contributed by atoms with van der Waals surface area (Å²) in [7, 11) is 0. The van der Waals surface area contributed by atoms with E-state index in [4.69, 9.17) is 5.84 Å². The minimum absolute atomic E-state index is 0.136. The molecule has 1 aliphatic rings. The van der Waals surface area contributed by atoms with Gasteiger partial charge in [0, 0.05) is 13.1 Å². The van der Waals surface area contributed by atoms with E-state index in [-0.39, 0.29) is 5.91 Å². The Labute approximate surface area is 121 Å². The molecule has 1 atom stereocenters. The van der Waals surface area contributed by atoms with Gasteiger partial charge in [-0.05, 0) is 36.4 Å². The smallest absolute Gasteiger partial charge is 0.238 e. The topological polar surface area (TPSA) is 58.4 Å². The second-order valence-corrected chi connectivity index (χ2v) is 5.69. The number of benzene rings is 1. The maximum absolute atomic E-state index is 11.5. The van der Waals surface area contributed by atoms with Crippen LogP contribution in [0.25, 0.3) is 0 Å². The van der Waals surface area contributed by atoms with Crippen molar-refractivity contribution in [2.24, 2.45) is 11.8 Å². The van der Waals surface area contributed by atoms with E-state index in [1.165, 1.54) is 37.9 Å². The highest BCUT2D eigenvalue weighted by molar-refractivity contribution is 5.78. The van der Waals surface area contributed by atoms with Gasteiger partial charge < -0.3 is 0 Å². The summed E-state index contributed by atoms with van der Waals surface area (Å²) in [5.74, 6) is 5.89. The van der Waals surface area contributed by atoms with Gasteiger partial charge in [0.15, 0.2) is 0 Å². The number of nitrogens with zero attached hydrogens (tertiary/aromatic N) is 1. The molecular weight excluding hydrogens is 250 g/mol. The number of hydrazine groups is 1. The number of carbonyl (C=O) groups is 1. The summed E-state index contributed by atoms with van der Waals surface area (Å²) in [4.78, 5) is 14.0. The lowest BCUT2D eigenvalue weighted by Gasteiger charge is -2.18. The summed E-state index contributed by atoms with van der Waals surface area (Å²) >= 11 is 0. The first-order valence-corrected chi connectivity index (χ1v) is 7.51. The van der Waals surface area contributed by atoms with Gasteiger partial charge in [-0.1, -0.05) is 37.6 Å². The fourth-order valence-corrected chi connectivity index (χ4v) is 3.05. The maximum atomic E-state index is 11.5. The Balaban J connectivity index is 1.97. The number of hydrogen-bond donors (Lipinski definition) is 2. The second-order valence-electron chi connectivity index (χ2n) is 5.69. The largest absolute Gasteiger partial charge is 0.299 e. The molecule has 2 rings (SSSR count). The van der Waals surface area contributed by atoms with Gasteiger partial charge in [0.05, 0.1) is 6.42 Å². The average molecular weight is 275 g/mol. The molecule has 1 aromatic rings. The molecule has 20 heavy (non-hydrogen) atoms. The van der Waals surface area contributed by atoms with Crippen molar-refractivity contribution in [1.82, 2.24) is 10.3 Å². The molecule has 1 amide bonds. The van der Waals surface area contributed by atoms with Gasteiger partial charge in [-0.15, -0.1) is 0 Å². The minimum Gasteiger partial charge on any atom is -0.299 e. The Morgan fingerprint density at radius 3 is 2.85 bits per heavy atom. The van der Waals surface area contributed by atoms with Gasteiger partial charge in [-0.3, -0.25) is 15.1 Å². The maximum Gasteiger partial charge on any atom is 0.238 e. The summed E-state index contributed by atoms with van der Waals surface area (Å²) in [6, 6.07) is 8.15. The summed E-state index contributed by atoms with van der Waals surface area (Å²) in [6.45, 7) is 5.55. The molecule has 0 aliphatic carbocycles. The molecule has 1 heterocycles. The Bertz CT molecular complexity index is 447. The minimum atomic E-state index is -0.136. The highest BCUT2D eigenvalue weighted by Crippen LogP contribution is 2.23. The van der Waals surface area contributed by atoms with E-state index in [0.717, 1.165) is 18.0 Å². The lowest BCUT2D eigenvalue weighted by Crippen LogP contribution is -2.32. The Hall–Kier alpha value is -1.39. The number of hydrogen-bond acceptors (Lipinski definition) is 3. The molecule has 1 aliphatic heterocycles. The normalized spacial score (nSPS) is 19.2. The number of rotatable bonds is 6. The second kappa shape index (κ2) is 7.41. The van der Waals surface area contributed by atoms with Crippen LogP contribution < -0.4 is 11.3 Å². The zero-order valence-corrected chi connectivity index (χ0v) is 12.3. The van der Waals surface area contributed by atoms with E-state index in [9.17, 15) is 4.79 Å². The van der Waals surface area contributed by atoms with Crippen molar-refractivity contribution in [3.8, 4) is 0 Å². The fraction of sp³-hybridized carbons (Fsp3) is 0.562. The number of likely N-dealkylation sites (tertiary alicyclic amines) is 1. The molecule has 1 aromatic carbocycles. The van der Waals surface area contributed by atoms with Crippen LogP contribution in [-0.4, -0.2) is 23.9 Å². The van der Waals surface area contributed by atoms with Gasteiger partial charge in [0.2, 0.25) is 5.91 Å². The van der Waals surface area contributed by atoms with Crippen LogP contribution >= 0.6 is 0 Å². The molecule has 4 nitrogen and oxygen atoms in total. The van der Waals surface area contributed by atoms with Crippen LogP contribution in [0.5, 0.6) is 0 Å². The Morgan fingerprint density at radius 1 is 1.40 bits per heavy atom. The van der Waals surface area contributed by atoms with Gasteiger partial charge in [-0.2, -0.15) is 0 Å². The fourth-order valence-electron chi connectivity index (χ4n) is 3.05. The van der Waals surface area contributed by atoms with Crippen LogP contribution in [0.4, 0.5) is 0 Å². The van der Waals surface area contributed by atoms with Gasteiger partial charge in [0.25, 0.3) is 0 Å². The highest BCUT2D eigenvalue weighted by Gasteiger charge is 2.22. The Morgan fingerprint density at radius 2 is 2.15 bits per heavy atom. The lowest BCUT2D eigenvalue weighted by molar-refractivity contribution is -0.120. The quantitative estimate of drug-likeness (QED) is 0.473. The van der Waals surface area contributed by atoms with E-state index >= 15 is 0 Å². The Kier molecular flexibility index (Phi) is 5.56. The van der Waals surface area contributed by atoms with Crippen molar-refractivity contribution in [3.63, 3.8) is 0 Å². The molecule has 0 spiro atoms. The summed E-state index contributed by atoms with van der Waals surface area (Å²) in [5, 5.41) is 0. The molecule has 0 radical (unpaired) electrons. The predicted molar refractivity (Wildman–Crippen MR) is 80.8 cm³/mol. The van der Waals surface area contributed by atoms with E-state index in [2.05, 4.69) is 23.3 Å². The standard InChI is InChI=1S/C16H25N3O/c1-2-5-13-8-9-19(11-13)12-15-7-4-3-6-14(15)10-16(20)18-17/h3-4,6-7,13H,2,5,8-12,17H2,1H3,(H,18,20). The zero-order valence-electron chi connectivity index (χ0n) is 12.3. The van der Waals surface area contributed by atoms with Crippen LogP contribution in [0.15, 0.2) is 24.3 Å². The number of nitrogens with one attached hydrogen (secondary N) is 1. The molecule has 0 aromatic heterocycles. The highest BCUT2D eigenvalue weighted by atomic mass is 16.2. The first kappa shape index (κ1) is 15.0. The van der Waals surface area contributed by atoms with E-state index < -0.39 is 0 Å². The number of nitrogens with two attached hydrogens (primary N) is 1. The molecule has 1 fully saturated rings. The number of amides is 1. The van der Waals surface area contributed by atoms with Crippen molar-refractivity contribution in [2.75, 3.05) is 13.1 Å². The summed E-state index contributed by atoms with van der Waals surface area (Å²) < 4.78 is 0. The van der Waals surface area contributed by atoms with Crippen LogP contribution in [0.3, 0.4) is 0 Å². The molecule has 0 saturated carbocycles. The number of carbonyl (C=O) groups excluding carboxylic acids is 1. The van der Waals surface area contributed by atoms with E-state index in [0.29, 0.717) is 6.42 Å². The monoisotopic (exact) mass is 275 g/mol. The first-order valence-electron chi connectivity index (χ1n) is 7.51. The molecule has 0 bridgehead atoms. The van der Waals surface area contributed by atoms with Crippen molar-refractivity contribution in [2.45, 2.75) is 39.2 Å². The summed E-state index contributed by atoms with van der Waals surface area (Å²) in [6.07, 6.45) is 4.26.